The van der Waals surface area contributed by atoms with Crippen molar-refractivity contribution in [2.24, 2.45) is 0 Å². The van der Waals surface area contributed by atoms with Gasteiger partial charge < -0.3 is 9.47 Å². The van der Waals surface area contributed by atoms with Gasteiger partial charge in [-0.05, 0) is 13.8 Å². The van der Waals surface area contributed by atoms with Crippen LogP contribution < -0.4 is 9.47 Å². The van der Waals surface area contributed by atoms with Crippen molar-refractivity contribution in [3.63, 3.8) is 0 Å². The molecule has 0 unspecified atom stereocenters. The van der Waals surface area contributed by atoms with E-state index in [1.165, 1.54) is 12.2 Å². The molecule has 4 rings (SSSR count). The summed E-state index contributed by atoms with van der Waals surface area (Å²) in [7, 11) is 0. The topological polar surface area (TPSA) is 52.6 Å². The van der Waals surface area contributed by atoms with Crippen molar-refractivity contribution in [1.29, 1.82) is 0 Å². The summed E-state index contributed by atoms with van der Waals surface area (Å²) < 4.78 is 59.6. The largest absolute Gasteiger partial charge is 4.00 e. The fraction of sp³-hybridized carbons (Fsp3) is 0.133. The Balaban J connectivity index is 0.000000537. The predicted octanol–water partition coefficient (Wildman–Crippen LogP) is 7.10. The summed E-state index contributed by atoms with van der Waals surface area (Å²) in [5.74, 6) is -5.84. The van der Waals surface area contributed by atoms with E-state index < -0.39 is 35.2 Å². The molecule has 0 bridgehead atoms. The number of carbonyl (C=O) groups excluding carboxylic acids is 2. The van der Waals surface area contributed by atoms with Crippen LogP contribution in [0.5, 0.6) is 11.5 Å². The molecule has 9 heteroatoms. The van der Waals surface area contributed by atoms with Crippen molar-refractivity contribution in [3.8, 4) is 11.5 Å². The zero-order chi connectivity index (χ0) is 28.2. The second-order valence-electron chi connectivity index (χ2n) is 6.82. The Labute approximate surface area is 240 Å². The number of allylic oxidation sites excluding steroid dienone is 10. The molecule has 0 amide bonds. The van der Waals surface area contributed by atoms with Crippen molar-refractivity contribution in [1.82, 2.24) is 0 Å². The van der Waals surface area contributed by atoms with Crippen LogP contribution in [0.15, 0.2) is 85.0 Å². The monoisotopic (exact) mass is 572 g/mol. The first kappa shape index (κ1) is 35.3. The van der Waals surface area contributed by atoms with Crippen LogP contribution in [0.2, 0.25) is 0 Å². The molecule has 4 nitrogen and oxygen atoms in total. The van der Waals surface area contributed by atoms with E-state index in [0.717, 1.165) is 49.3 Å². The van der Waals surface area contributed by atoms with Crippen LogP contribution in [0.25, 0.3) is 0 Å². The van der Waals surface area contributed by atoms with Crippen LogP contribution in [0.1, 0.15) is 26.7 Å². The number of rotatable bonds is 4. The molecule has 0 heterocycles. The fourth-order valence-corrected chi connectivity index (χ4v) is 2.26. The number of halogens is 4. The summed E-state index contributed by atoms with van der Waals surface area (Å²) in [5, 5.41) is 0. The Kier molecular flexibility index (Phi) is 19.2. The Morgan fingerprint density at radius 2 is 1.10 bits per heavy atom. The first-order valence-electron chi connectivity index (χ1n) is 11.1. The summed E-state index contributed by atoms with van der Waals surface area (Å²) in [6.07, 6.45) is 25.2. The zero-order valence-electron chi connectivity index (χ0n) is 21.1. The van der Waals surface area contributed by atoms with E-state index in [-0.39, 0.29) is 33.2 Å². The molecule has 0 saturated heterocycles. The molecule has 2 aromatic rings. The van der Waals surface area contributed by atoms with E-state index in [4.69, 9.17) is 0 Å². The molecule has 0 atom stereocenters. The van der Waals surface area contributed by atoms with Gasteiger partial charge in [0.05, 0.1) is 23.1 Å². The van der Waals surface area contributed by atoms with E-state index in [0.29, 0.717) is 0 Å². The first-order chi connectivity index (χ1) is 18.3. The van der Waals surface area contributed by atoms with Gasteiger partial charge in [0.25, 0.3) is 0 Å². The number of benzene rings is 2. The maximum absolute atomic E-state index is 12.9. The molecule has 2 aromatic carbocycles. The van der Waals surface area contributed by atoms with Crippen LogP contribution in [0.3, 0.4) is 0 Å². The minimum absolute atomic E-state index is 0. The van der Waals surface area contributed by atoms with Crippen molar-refractivity contribution >= 4 is 11.9 Å². The molecule has 0 spiro atoms. The number of ether oxygens (including phenoxy) is 2. The molecule has 0 aromatic heterocycles. The Morgan fingerprint density at radius 1 is 0.718 bits per heavy atom. The van der Waals surface area contributed by atoms with E-state index in [9.17, 15) is 27.2 Å². The van der Waals surface area contributed by atoms with Gasteiger partial charge in [-0.25, -0.2) is 51.5 Å². The molecular weight excluding hydrogens is 548 g/mol. The molecule has 2 aliphatic rings. The van der Waals surface area contributed by atoms with Gasteiger partial charge in [0.15, 0.2) is 0 Å². The summed E-state index contributed by atoms with van der Waals surface area (Å²) in [5.41, 5.74) is 0. The fourth-order valence-electron chi connectivity index (χ4n) is 2.26. The van der Waals surface area contributed by atoms with E-state index in [1.807, 2.05) is 24.3 Å². The zero-order valence-corrected chi connectivity index (χ0v) is 22.7. The summed E-state index contributed by atoms with van der Waals surface area (Å²) >= 11 is 0. The summed E-state index contributed by atoms with van der Waals surface area (Å²) in [6, 6.07) is 7.48. The molecule has 0 radical (unpaired) electrons. The van der Waals surface area contributed by atoms with E-state index >= 15 is 0 Å². The minimum Gasteiger partial charge on any atom is -0.485 e. The van der Waals surface area contributed by atoms with Crippen molar-refractivity contribution in [2.45, 2.75) is 26.7 Å². The third kappa shape index (κ3) is 16.7. The third-order valence-electron chi connectivity index (χ3n) is 3.85. The van der Waals surface area contributed by atoms with E-state index in [1.54, 1.807) is 26.0 Å². The predicted molar refractivity (Wildman–Crippen MR) is 134 cm³/mol. The van der Waals surface area contributed by atoms with Crippen LogP contribution in [-0.2, 0) is 31.3 Å². The summed E-state index contributed by atoms with van der Waals surface area (Å²) in [6.45, 7) is 3.24. The van der Waals surface area contributed by atoms with Crippen molar-refractivity contribution in [2.75, 3.05) is 0 Å². The number of hydrogen-bond acceptors (Lipinski definition) is 4. The second-order valence-corrected chi connectivity index (χ2v) is 6.82. The van der Waals surface area contributed by atoms with Crippen LogP contribution >= 0.6 is 0 Å². The van der Waals surface area contributed by atoms with E-state index in [2.05, 4.69) is 33.8 Å². The average Bonchev–Trinajstić information content (AvgIpc) is 3.63. The molecule has 39 heavy (non-hydrogen) atoms. The minimum atomic E-state index is -1.03. The Morgan fingerprint density at radius 3 is 1.33 bits per heavy atom. The Bertz CT molecular complexity index is 1120. The van der Waals surface area contributed by atoms with Crippen molar-refractivity contribution < 1.29 is 58.3 Å². The third-order valence-corrected chi connectivity index (χ3v) is 3.85. The molecule has 0 aliphatic heterocycles. The second kappa shape index (κ2) is 21.2. The molecule has 0 fully saturated rings. The van der Waals surface area contributed by atoms with Gasteiger partial charge in [0, 0.05) is 23.8 Å². The average molecular weight is 572 g/mol. The van der Waals surface area contributed by atoms with Gasteiger partial charge in [-0.3, -0.25) is 12.2 Å². The number of carbonyl (C=O) groups is 2. The standard InChI is InChI=1S/2C10H7F2O2.2C5H5.Ti/c2*1-2-3-10(13)14-9-5-4-7(11)6-8(9)12;2*1-2-4-5-3-1;/h2*2-5H,1H3;2*1-3H,4H2;/q4*-1;+4. The molecule has 2 aliphatic carbocycles. The Hall–Kier alpha value is -3.75. The van der Waals surface area contributed by atoms with Gasteiger partial charge in [0.1, 0.15) is 0 Å². The molecule has 0 N–H and O–H groups in total. The number of esters is 2. The maximum atomic E-state index is 12.9. The summed E-state index contributed by atoms with van der Waals surface area (Å²) in [4.78, 5) is 21.7. The van der Waals surface area contributed by atoms with Crippen LogP contribution in [-0.4, -0.2) is 11.9 Å². The SMILES string of the molecule is CC=CC(=O)Oc1ccc(F)[c-]c1F.CC=CC(=O)Oc1ccc(F)[c-]c1F.[C-]1=CC=CC1.[C-]1=CC=CC1.[Ti+4]. The van der Waals surface area contributed by atoms with Gasteiger partial charge in [-0.2, -0.15) is 12.2 Å². The van der Waals surface area contributed by atoms with Crippen LogP contribution in [0, 0.1) is 47.6 Å². The van der Waals surface area contributed by atoms with Crippen molar-refractivity contribution in [3.05, 3.63) is 133 Å². The van der Waals surface area contributed by atoms with Crippen LogP contribution in [0.4, 0.5) is 17.6 Å². The first-order valence-corrected chi connectivity index (χ1v) is 11.1. The van der Waals surface area contributed by atoms with Gasteiger partial charge in [-0.15, -0.1) is 49.2 Å². The van der Waals surface area contributed by atoms with Gasteiger partial charge in [-0.1, -0.05) is 12.2 Å². The molecule has 200 valence electrons. The quantitative estimate of drug-likeness (QED) is 0.0980. The molecular formula is C30H24F4O4Ti. The normalized spacial score (nSPS) is 12.1. The maximum Gasteiger partial charge on any atom is 4.00 e. The molecule has 0 saturated carbocycles. The smallest absolute Gasteiger partial charge is 0.485 e. The van der Waals surface area contributed by atoms with Gasteiger partial charge in [0.2, 0.25) is 0 Å². The number of hydrogen-bond donors (Lipinski definition) is 0. The van der Waals surface area contributed by atoms with Gasteiger partial charge >= 0.3 is 33.7 Å².